The molecule has 20 heavy (non-hydrogen) atoms. The third kappa shape index (κ3) is 3.23. The Bertz CT molecular complexity index is 577. The first kappa shape index (κ1) is 14.7. The van der Waals surface area contributed by atoms with Crippen molar-refractivity contribution in [3.8, 4) is 0 Å². The minimum absolute atomic E-state index is 0.0577. The number of pyridine rings is 1. The van der Waals surface area contributed by atoms with Gasteiger partial charge in [-0.25, -0.2) is 8.78 Å². The summed E-state index contributed by atoms with van der Waals surface area (Å²) in [4.78, 5) is 17.6. The molecule has 0 bridgehead atoms. The summed E-state index contributed by atoms with van der Waals surface area (Å²) in [5, 5.41) is 3.20. The van der Waals surface area contributed by atoms with Gasteiger partial charge in [-0.1, -0.05) is 11.6 Å². The number of halogens is 3. The van der Waals surface area contributed by atoms with Gasteiger partial charge < -0.3 is 0 Å². The molecule has 1 fully saturated rings. The largest absolute Gasteiger partial charge is 0.285 e. The highest BCUT2D eigenvalue weighted by Gasteiger charge is 2.36. The fourth-order valence-corrected chi connectivity index (χ4v) is 2.61. The van der Waals surface area contributed by atoms with Crippen molar-refractivity contribution in [2.24, 2.45) is 5.11 Å². The highest BCUT2D eigenvalue weighted by molar-refractivity contribution is 6.31. The SMILES string of the molecule is [N-]=[N+]=NC(=O)c1cc(Cl)c(C2CCC(F)(F)CC2)cn1. The maximum Gasteiger partial charge on any atom is 0.267 e. The fourth-order valence-electron chi connectivity index (χ4n) is 2.30. The number of azide groups is 1. The van der Waals surface area contributed by atoms with Gasteiger partial charge in [0.05, 0.1) is 0 Å². The number of hydrogen-bond acceptors (Lipinski definition) is 2. The summed E-state index contributed by atoms with van der Waals surface area (Å²) in [6.07, 6.45) is 1.72. The van der Waals surface area contributed by atoms with Crippen LogP contribution in [-0.4, -0.2) is 16.8 Å². The summed E-state index contributed by atoms with van der Waals surface area (Å²) >= 11 is 6.06. The molecule has 0 aliphatic heterocycles. The van der Waals surface area contributed by atoms with Crippen LogP contribution >= 0.6 is 11.6 Å². The van der Waals surface area contributed by atoms with Crippen LogP contribution in [0.5, 0.6) is 0 Å². The molecule has 0 saturated heterocycles. The molecule has 0 atom stereocenters. The molecule has 0 aromatic carbocycles. The van der Waals surface area contributed by atoms with Gasteiger partial charge in [0.15, 0.2) is 0 Å². The third-order valence-corrected chi connectivity index (χ3v) is 3.72. The predicted octanol–water partition coefficient (Wildman–Crippen LogP) is 4.48. The van der Waals surface area contributed by atoms with Crippen LogP contribution in [-0.2, 0) is 0 Å². The monoisotopic (exact) mass is 300 g/mol. The fraction of sp³-hybridized carbons (Fsp3) is 0.500. The minimum Gasteiger partial charge on any atom is -0.285 e. The third-order valence-electron chi connectivity index (χ3n) is 3.39. The molecule has 106 valence electrons. The normalized spacial score (nSPS) is 18.4. The van der Waals surface area contributed by atoms with Gasteiger partial charge in [0, 0.05) is 29.0 Å². The molecule has 1 amide bonds. The van der Waals surface area contributed by atoms with Crippen molar-refractivity contribution in [2.45, 2.75) is 37.5 Å². The van der Waals surface area contributed by atoms with Crippen molar-refractivity contribution in [1.29, 1.82) is 0 Å². The second kappa shape index (κ2) is 5.73. The van der Waals surface area contributed by atoms with Crippen LogP contribution in [0.15, 0.2) is 17.4 Å². The van der Waals surface area contributed by atoms with E-state index in [1.165, 1.54) is 12.3 Å². The summed E-state index contributed by atoms with van der Waals surface area (Å²) in [7, 11) is 0. The molecule has 8 heteroatoms. The topological polar surface area (TPSA) is 78.7 Å². The summed E-state index contributed by atoms with van der Waals surface area (Å²) in [6.45, 7) is 0. The first-order valence-corrected chi connectivity index (χ1v) is 6.43. The van der Waals surface area contributed by atoms with Crippen LogP contribution < -0.4 is 0 Å². The molecular formula is C12H11ClF2N4O. The second-order valence-electron chi connectivity index (χ2n) is 4.72. The van der Waals surface area contributed by atoms with Crippen molar-refractivity contribution in [2.75, 3.05) is 0 Å². The number of hydrogen-bond donors (Lipinski definition) is 0. The van der Waals surface area contributed by atoms with E-state index >= 15 is 0 Å². The van der Waals surface area contributed by atoms with Crippen LogP contribution in [0.2, 0.25) is 5.02 Å². The lowest BCUT2D eigenvalue weighted by Gasteiger charge is -2.28. The molecule has 1 aromatic heterocycles. The highest BCUT2D eigenvalue weighted by Crippen LogP contribution is 2.42. The summed E-state index contributed by atoms with van der Waals surface area (Å²) in [5.41, 5.74) is 8.78. The molecular weight excluding hydrogens is 290 g/mol. The van der Waals surface area contributed by atoms with Gasteiger partial charge in [0.25, 0.3) is 5.91 Å². The van der Waals surface area contributed by atoms with Crippen molar-refractivity contribution in [3.63, 3.8) is 0 Å². The number of nitrogens with zero attached hydrogens (tertiary/aromatic N) is 4. The lowest BCUT2D eigenvalue weighted by Crippen LogP contribution is -2.23. The van der Waals surface area contributed by atoms with E-state index in [1.807, 2.05) is 0 Å². The zero-order valence-electron chi connectivity index (χ0n) is 10.4. The molecule has 0 radical (unpaired) electrons. The number of carbonyl (C=O) groups excluding carboxylic acids is 1. The van der Waals surface area contributed by atoms with Crippen LogP contribution in [0.4, 0.5) is 8.78 Å². The van der Waals surface area contributed by atoms with Gasteiger partial charge >= 0.3 is 0 Å². The number of amides is 1. The van der Waals surface area contributed by atoms with Gasteiger partial charge in [-0.3, -0.25) is 9.78 Å². The van der Waals surface area contributed by atoms with Crippen LogP contribution in [0, 0.1) is 0 Å². The van der Waals surface area contributed by atoms with E-state index in [4.69, 9.17) is 17.1 Å². The van der Waals surface area contributed by atoms with Crippen molar-refractivity contribution in [3.05, 3.63) is 39.0 Å². The number of carbonyl (C=O) groups is 1. The average molecular weight is 301 g/mol. The van der Waals surface area contributed by atoms with E-state index in [2.05, 4.69) is 15.0 Å². The second-order valence-corrected chi connectivity index (χ2v) is 5.12. The summed E-state index contributed by atoms with van der Waals surface area (Å²) in [6, 6.07) is 1.31. The summed E-state index contributed by atoms with van der Waals surface area (Å²) in [5.74, 6) is -3.51. The van der Waals surface area contributed by atoms with Crippen molar-refractivity contribution in [1.82, 2.24) is 4.98 Å². The maximum absolute atomic E-state index is 13.1. The quantitative estimate of drug-likeness (QED) is 0.458. The highest BCUT2D eigenvalue weighted by atomic mass is 35.5. The molecule has 2 rings (SSSR count). The molecule has 1 aromatic rings. The van der Waals surface area contributed by atoms with E-state index in [0.29, 0.717) is 18.4 Å². The molecule has 1 saturated carbocycles. The zero-order chi connectivity index (χ0) is 14.8. The molecule has 0 spiro atoms. The Morgan fingerprint density at radius 2 is 2.15 bits per heavy atom. The Morgan fingerprint density at radius 1 is 1.50 bits per heavy atom. The van der Waals surface area contributed by atoms with Gasteiger partial charge in [-0.15, -0.1) is 0 Å². The van der Waals surface area contributed by atoms with Crippen molar-refractivity contribution < 1.29 is 13.6 Å². The first-order valence-electron chi connectivity index (χ1n) is 6.05. The molecule has 0 N–H and O–H groups in total. The van der Waals surface area contributed by atoms with E-state index in [1.54, 1.807) is 0 Å². The van der Waals surface area contributed by atoms with E-state index in [9.17, 15) is 13.6 Å². The van der Waals surface area contributed by atoms with Gasteiger partial charge in [-0.2, -0.15) is 0 Å². The van der Waals surface area contributed by atoms with Crippen molar-refractivity contribution >= 4 is 17.5 Å². The van der Waals surface area contributed by atoms with Crippen LogP contribution in [0.3, 0.4) is 0 Å². The van der Waals surface area contributed by atoms with Gasteiger partial charge in [0.1, 0.15) is 5.69 Å². The molecule has 5 nitrogen and oxygen atoms in total. The first-order chi connectivity index (χ1) is 9.43. The molecule has 1 aliphatic rings. The molecule has 0 unspecified atom stereocenters. The number of aromatic nitrogens is 1. The Kier molecular flexibility index (Phi) is 4.20. The minimum atomic E-state index is -2.60. The maximum atomic E-state index is 13.1. The lowest BCUT2D eigenvalue weighted by molar-refractivity contribution is -0.0382. The molecule has 1 aliphatic carbocycles. The number of alkyl halides is 2. The van der Waals surface area contributed by atoms with Crippen LogP contribution in [0.1, 0.15) is 47.7 Å². The average Bonchev–Trinajstić information content (AvgIpc) is 2.39. The Hall–Kier alpha value is -1.72. The van der Waals surface area contributed by atoms with E-state index in [0.717, 1.165) is 0 Å². The Morgan fingerprint density at radius 3 is 2.70 bits per heavy atom. The van der Waals surface area contributed by atoms with E-state index < -0.39 is 11.8 Å². The summed E-state index contributed by atoms with van der Waals surface area (Å²) < 4.78 is 26.2. The number of rotatable bonds is 2. The van der Waals surface area contributed by atoms with Crippen LogP contribution in [0.25, 0.3) is 10.4 Å². The predicted molar refractivity (Wildman–Crippen MR) is 68.9 cm³/mol. The Labute approximate surface area is 118 Å². The molecule has 1 heterocycles. The lowest BCUT2D eigenvalue weighted by atomic mass is 9.83. The standard InChI is InChI=1S/C12H11ClF2N4O/c13-9-5-10(11(20)18-19-16)17-6-8(9)7-1-3-12(14,15)4-2-7/h5-7H,1-4H2. The Balaban J connectivity index is 2.18. The van der Waals surface area contributed by atoms with Gasteiger partial charge in [-0.05, 0) is 41.0 Å². The van der Waals surface area contributed by atoms with Gasteiger partial charge in [0.2, 0.25) is 5.92 Å². The van der Waals surface area contributed by atoms with E-state index in [-0.39, 0.29) is 29.5 Å². The smallest absolute Gasteiger partial charge is 0.267 e. The zero-order valence-corrected chi connectivity index (χ0v) is 11.1.